The Bertz CT molecular complexity index is 402. The van der Waals surface area contributed by atoms with Crippen LogP contribution < -0.4 is 16.4 Å². The van der Waals surface area contributed by atoms with E-state index in [0.717, 1.165) is 18.7 Å². The Morgan fingerprint density at radius 2 is 2.06 bits per heavy atom. The van der Waals surface area contributed by atoms with Crippen LogP contribution in [-0.4, -0.2) is 19.5 Å². The first kappa shape index (κ1) is 13.4. The molecule has 94 valence electrons. The lowest BCUT2D eigenvalue weighted by atomic mass is 10.1. The highest BCUT2D eigenvalue weighted by Crippen LogP contribution is 2.23. The third-order valence-corrected chi connectivity index (χ3v) is 2.77. The van der Waals surface area contributed by atoms with Crippen LogP contribution in [0, 0.1) is 5.92 Å². The van der Waals surface area contributed by atoms with Crippen LogP contribution in [0.2, 0.25) is 0 Å². The number of hydrogen-bond donors (Lipinski definition) is 2. The molecule has 0 radical (unpaired) electrons. The Labute approximate surface area is 103 Å². The highest BCUT2D eigenvalue weighted by Gasteiger charge is 2.08. The molecule has 0 aliphatic heterocycles. The van der Waals surface area contributed by atoms with Crippen molar-refractivity contribution in [1.82, 2.24) is 0 Å². The SMILES string of the molecule is CC(C)CCN(C)c1ccc(C(N)=O)cc1N. The van der Waals surface area contributed by atoms with Crippen LogP contribution in [0.4, 0.5) is 11.4 Å². The van der Waals surface area contributed by atoms with Gasteiger partial charge < -0.3 is 16.4 Å². The number of nitrogens with zero attached hydrogens (tertiary/aromatic N) is 1. The summed E-state index contributed by atoms with van der Waals surface area (Å²) < 4.78 is 0. The summed E-state index contributed by atoms with van der Waals surface area (Å²) in [5, 5.41) is 0. The predicted octanol–water partition coefficient (Wildman–Crippen LogP) is 1.85. The molecular weight excluding hydrogens is 214 g/mol. The average Bonchev–Trinajstić information content (AvgIpc) is 2.25. The quantitative estimate of drug-likeness (QED) is 0.765. The highest BCUT2D eigenvalue weighted by atomic mass is 16.1. The van der Waals surface area contributed by atoms with Crippen LogP contribution in [-0.2, 0) is 0 Å². The molecule has 4 nitrogen and oxygen atoms in total. The van der Waals surface area contributed by atoms with Crippen molar-refractivity contribution in [1.29, 1.82) is 0 Å². The molecule has 1 aromatic rings. The molecule has 0 spiro atoms. The van der Waals surface area contributed by atoms with Gasteiger partial charge in [-0.05, 0) is 30.5 Å². The lowest BCUT2D eigenvalue weighted by Gasteiger charge is -2.22. The molecule has 1 rings (SSSR count). The monoisotopic (exact) mass is 235 g/mol. The number of nitrogens with two attached hydrogens (primary N) is 2. The molecule has 1 amide bonds. The van der Waals surface area contributed by atoms with Crippen LogP contribution in [0.15, 0.2) is 18.2 Å². The second kappa shape index (κ2) is 5.57. The van der Waals surface area contributed by atoms with Crippen molar-refractivity contribution in [2.75, 3.05) is 24.2 Å². The minimum atomic E-state index is -0.451. The van der Waals surface area contributed by atoms with Crippen molar-refractivity contribution in [3.05, 3.63) is 23.8 Å². The second-order valence-corrected chi connectivity index (χ2v) is 4.74. The van der Waals surface area contributed by atoms with Crippen molar-refractivity contribution >= 4 is 17.3 Å². The fourth-order valence-electron chi connectivity index (χ4n) is 1.63. The Morgan fingerprint density at radius 3 is 2.53 bits per heavy atom. The smallest absolute Gasteiger partial charge is 0.248 e. The summed E-state index contributed by atoms with van der Waals surface area (Å²) in [5.41, 5.74) is 13.1. The average molecular weight is 235 g/mol. The molecular formula is C13H21N3O. The Kier molecular flexibility index (Phi) is 4.37. The summed E-state index contributed by atoms with van der Waals surface area (Å²) in [6.07, 6.45) is 1.10. The second-order valence-electron chi connectivity index (χ2n) is 4.74. The lowest BCUT2D eigenvalue weighted by Crippen LogP contribution is -2.21. The molecule has 0 aromatic heterocycles. The van der Waals surface area contributed by atoms with E-state index in [1.807, 2.05) is 13.1 Å². The van der Waals surface area contributed by atoms with Crippen LogP contribution in [0.3, 0.4) is 0 Å². The predicted molar refractivity (Wildman–Crippen MR) is 72.1 cm³/mol. The maximum atomic E-state index is 11.0. The van der Waals surface area contributed by atoms with Crippen LogP contribution in [0.25, 0.3) is 0 Å². The fourth-order valence-corrected chi connectivity index (χ4v) is 1.63. The number of rotatable bonds is 5. The first-order valence-electron chi connectivity index (χ1n) is 5.82. The molecule has 0 fully saturated rings. The molecule has 0 bridgehead atoms. The van der Waals surface area contributed by atoms with E-state index < -0.39 is 5.91 Å². The van der Waals surface area contributed by atoms with Crippen LogP contribution >= 0.6 is 0 Å². The van der Waals surface area contributed by atoms with Gasteiger partial charge in [-0.2, -0.15) is 0 Å². The van der Waals surface area contributed by atoms with Gasteiger partial charge in [0.25, 0.3) is 0 Å². The maximum absolute atomic E-state index is 11.0. The number of nitrogen functional groups attached to an aromatic ring is 1. The first-order chi connectivity index (χ1) is 7.91. The van der Waals surface area contributed by atoms with E-state index in [1.165, 1.54) is 0 Å². The van der Waals surface area contributed by atoms with Gasteiger partial charge in [0.1, 0.15) is 0 Å². The molecule has 0 saturated heterocycles. The fraction of sp³-hybridized carbons (Fsp3) is 0.462. The zero-order valence-electron chi connectivity index (χ0n) is 10.7. The molecule has 0 saturated carbocycles. The summed E-state index contributed by atoms with van der Waals surface area (Å²) in [7, 11) is 2.00. The van der Waals surface area contributed by atoms with E-state index in [4.69, 9.17) is 11.5 Å². The normalized spacial score (nSPS) is 10.6. The van der Waals surface area contributed by atoms with Gasteiger partial charge in [0.15, 0.2) is 0 Å². The van der Waals surface area contributed by atoms with Crippen molar-refractivity contribution in [2.24, 2.45) is 11.7 Å². The number of amides is 1. The minimum absolute atomic E-state index is 0.448. The lowest BCUT2D eigenvalue weighted by molar-refractivity contribution is 0.100. The molecule has 4 heteroatoms. The largest absolute Gasteiger partial charge is 0.397 e. The molecule has 17 heavy (non-hydrogen) atoms. The minimum Gasteiger partial charge on any atom is -0.397 e. The summed E-state index contributed by atoms with van der Waals surface area (Å²) in [5.74, 6) is 0.205. The van der Waals surface area contributed by atoms with Crippen molar-refractivity contribution in [3.63, 3.8) is 0 Å². The van der Waals surface area contributed by atoms with E-state index in [1.54, 1.807) is 12.1 Å². The van der Waals surface area contributed by atoms with Crippen LogP contribution in [0.5, 0.6) is 0 Å². The Morgan fingerprint density at radius 1 is 1.41 bits per heavy atom. The molecule has 0 unspecified atom stereocenters. The number of primary amides is 1. The van der Waals surface area contributed by atoms with E-state index in [-0.39, 0.29) is 0 Å². The topological polar surface area (TPSA) is 72.3 Å². The Balaban J connectivity index is 2.81. The molecule has 0 aliphatic carbocycles. The van der Waals surface area contributed by atoms with Gasteiger partial charge in [-0.3, -0.25) is 4.79 Å². The van der Waals surface area contributed by atoms with E-state index in [9.17, 15) is 4.79 Å². The van der Waals surface area contributed by atoms with Crippen molar-refractivity contribution < 1.29 is 4.79 Å². The highest BCUT2D eigenvalue weighted by molar-refractivity contribution is 5.94. The zero-order chi connectivity index (χ0) is 13.0. The number of hydrogen-bond acceptors (Lipinski definition) is 3. The summed E-state index contributed by atoms with van der Waals surface area (Å²) in [6.45, 7) is 5.32. The zero-order valence-corrected chi connectivity index (χ0v) is 10.7. The van der Waals surface area contributed by atoms with Gasteiger partial charge in [0.2, 0.25) is 5.91 Å². The van der Waals surface area contributed by atoms with Gasteiger partial charge in [-0.25, -0.2) is 0 Å². The van der Waals surface area contributed by atoms with Gasteiger partial charge in [-0.1, -0.05) is 13.8 Å². The van der Waals surface area contributed by atoms with Gasteiger partial charge in [-0.15, -0.1) is 0 Å². The Hall–Kier alpha value is -1.71. The van der Waals surface area contributed by atoms with E-state index in [0.29, 0.717) is 17.2 Å². The number of anilines is 2. The standard InChI is InChI=1S/C13H21N3O/c1-9(2)6-7-16(3)12-5-4-10(13(15)17)8-11(12)14/h4-5,8-9H,6-7,14H2,1-3H3,(H2,15,17). The van der Waals surface area contributed by atoms with Crippen LogP contribution in [0.1, 0.15) is 30.6 Å². The maximum Gasteiger partial charge on any atom is 0.248 e. The molecule has 0 aliphatic rings. The first-order valence-corrected chi connectivity index (χ1v) is 5.82. The van der Waals surface area contributed by atoms with Crippen molar-refractivity contribution in [3.8, 4) is 0 Å². The molecule has 0 atom stereocenters. The number of benzene rings is 1. The summed E-state index contributed by atoms with van der Waals surface area (Å²) in [6, 6.07) is 5.18. The number of carbonyl (C=O) groups is 1. The molecule has 4 N–H and O–H groups in total. The third-order valence-electron chi connectivity index (χ3n) is 2.77. The third kappa shape index (κ3) is 3.66. The van der Waals surface area contributed by atoms with Gasteiger partial charge >= 0.3 is 0 Å². The summed E-state index contributed by atoms with van der Waals surface area (Å²) in [4.78, 5) is 13.1. The van der Waals surface area contributed by atoms with Crippen molar-refractivity contribution in [2.45, 2.75) is 20.3 Å². The van der Waals surface area contributed by atoms with E-state index >= 15 is 0 Å². The number of carbonyl (C=O) groups excluding carboxylic acids is 1. The summed E-state index contributed by atoms with van der Waals surface area (Å²) >= 11 is 0. The van der Waals surface area contributed by atoms with E-state index in [2.05, 4.69) is 18.7 Å². The van der Waals surface area contributed by atoms with Gasteiger partial charge in [0.05, 0.1) is 11.4 Å². The molecule has 0 heterocycles. The molecule has 1 aromatic carbocycles. The van der Waals surface area contributed by atoms with Gasteiger partial charge in [0, 0.05) is 19.2 Å².